The summed E-state index contributed by atoms with van der Waals surface area (Å²) in [5, 5.41) is 0. The van der Waals surface area contributed by atoms with E-state index in [1.54, 1.807) is 12.1 Å². The maximum atomic E-state index is 13.4. The maximum absolute atomic E-state index is 13.4. The van der Waals surface area contributed by atoms with Gasteiger partial charge in [0.2, 0.25) is 15.9 Å². The molecule has 2 aromatic rings. The van der Waals surface area contributed by atoms with Gasteiger partial charge in [-0.1, -0.05) is 18.2 Å². The highest BCUT2D eigenvalue weighted by Gasteiger charge is 2.37. The van der Waals surface area contributed by atoms with Gasteiger partial charge < -0.3 is 9.64 Å². The third-order valence-corrected chi connectivity index (χ3v) is 8.93. The molecular weight excluding hydrogens is 436 g/mol. The van der Waals surface area contributed by atoms with E-state index in [4.69, 9.17) is 4.74 Å². The zero-order chi connectivity index (χ0) is 23.6. The van der Waals surface area contributed by atoms with E-state index in [2.05, 4.69) is 12.1 Å². The molecule has 0 N–H and O–H groups in total. The molecule has 0 bridgehead atoms. The quantitative estimate of drug-likeness (QED) is 0.625. The molecule has 2 aromatic carbocycles. The topological polar surface area (TPSA) is 66.9 Å². The molecule has 6 nitrogen and oxygen atoms in total. The van der Waals surface area contributed by atoms with Crippen LogP contribution in [0.2, 0.25) is 0 Å². The Balaban J connectivity index is 1.40. The maximum Gasteiger partial charge on any atom is 0.243 e. The predicted molar refractivity (Wildman–Crippen MR) is 129 cm³/mol. The summed E-state index contributed by atoms with van der Waals surface area (Å²) in [5.74, 6) is 0.878. The van der Waals surface area contributed by atoms with Gasteiger partial charge in [-0.15, -0.1) is 0 Å². The van der Waals surface area contributed by atoms with Crippen molar-refractivity contribution < 1.29 is 17.9 Å². The first kappa shape index (κ1) is 23.8. The number of rotatable bonds is 6. The molecule has 33 heavy (non-hydrogen) atoms. The zero-order valence-corrected chi connectivity index (χ0v) is 20.6. The highest BCUT2D eigenvalue weighted by molar-refractivity contribution is 7.89. The Bertz CT molecular complexity index is 1090. The average Bonchev–Trinajstić information content (AvgIpc) is 3.31. The third-order valence-electron chi connectivity index (χ3n) is 7.03. The molecule has 1 atom stereocenters. The van der Waals surface area contributed by atoms with Crippen LogP contribution in [0.1, 0.15) is 55.3 Å². The molecule has 2 fully saturated rings. The minimum absolute atomic E-state index is 0.0884. The summed E-state index contributed by atoms with van der Waals surface area (Å²) in [6, 6.07) is 13.4. The van der Waals surface area contributed by atoms with E-state index < -0.39 is 10.0 Å². The van der Waals surface area contributed by atoms with Crippen molar-refractivity contribution in [2.75, 3.05) is 26.2 Å². The van der Waals surface area contributed by atoms with Gasteiger partial charge in [0.25, 0.3) is 0 Å². The number of hydrogen-bond acceptors (Lipinski definition) is 4. The van der Waals surface area contributed by atoms with E-state index >= 15 is 0 Å². The van der Waals surface area contributed by atoms with Crippen molar-refractivity contribution in [2.45, 2.75) is 57.4 Å². The largest absolute Gasteiger partial charge is 0.494 e. The van der Waals surface area contributed by atoms with Crippen LogP contribution in [0.4, 0.5) is 0 Å². The summed E-state index contributed by atoms with van der Waals surface area (Å²) in [5.41, 5.74) is 3.18. The van der Waals surface area contributed by atoms with Gasteiger partial charge in [0.15, 0.2) is 0 Å². The van der Waals surface area contributed by atoms with Crippen LogP contribution in [0.5, 0.6) is 5.75 Å². The molecule has 178 valence electrons. The highest BCUT2D eigenvalue weighted by Crippen LogP contribution is 2.36. The van der Waals surface area contributed by atoms with E-state index in [9.17, 15) is 13.2 Å². The number of aryl methyl sites for hydroxylation is 2. The molecule has 7 heteroatoms. The summed E-state index contributed by atoms with van der Waals surface area (Å²) in [4.78, 5) is 15.7. The van der Waals surface area contributed by atoms with Crippen LogP contribution in [-0.4, -0.2) is 49.8 Å². The molecule has 0 unspecified atom stereocenters. The van der Waals surface area contributed by atoms with Crippen molar-refractivity contribution in [3.05, 3.63) is 59.2 Å². The Morgan fingerprint density at radius 2 is 1.67 bits per heavy atom. The molecular formula is C26H34N2O4S. The van der Waals surface area contributed by atoms with Crippen molar-refractivity contribution in [2.24, 2.45) is 5.92 Å². The lowest BCUT2D eigenvalue weighted by Gasteiger charge is -2.34. The monoisotopic (exact) mass is 470 g/mol. The average molecular weight is 471 g/mol. The van der Waals surface area contributed by atoms with Gasteiger partial charge in [0, 0.05) is 25.6 Å². The minimum Gasteiger partial charge on any atom is -0.494 e. The van der Waals surface area contributed by atoms with Crippen LogP contribution in [0.25, 0.3) is 0 Å². The van der Waals surface area contributed by atoms with E-state index in [1.807, 2.05) is 43.9 Å². The number of benzene rings is 2. The number of carbonyl (C=O) groups is 1. The van der Waals surface area contributed by atoms with Crippen molar-refractivity contribution in [1.82, 2.24) is 9.21 Å². The Morgan fingerprint density at radius 1 is 0.970 bits per heavy atom. The highest BCUT2D eigenvalue weighted by atomic mass is 32.2. The Hall–Kier alpha value is -2.38. The molecule has 2 aliphatic rings. The lowest BCUT2D eigenvalue weighted by Crippen LogP contribution is -2.44. The molecule has 0 spiro atoms. The second-order valence-corrected chi connectivity index (χ2v) is 11.1. The van der Waals surface area contributed by atoms with E-state index in [0.29, 0.717) is 37.4 Å². The van der Waals surface area contributed by atoms with Gasteiger partial charge in [-0.3, -0.25) is 4.79 Å². The lowest BCUT2D eigenvalue weighted by molar-refractivity contribution is -0.137. The van der Waals surface area contributed by atoms with Crippen LogP contribution in [0.3, 0.4) is 0 Å². The van der Waals surface area contributed by atoms with Gasteiger partial charge in [-0.2, -0.15) is 4.31 Å². The molecule has 2 heterocycles. The first-order valence-electron chi connectivity index (χ1n) is 11.9. The fourth-order valence-corrected chi connectivity index (χ4v) is 6.49. The molecule has 4 rings (SSSR count). The minimum atomic E-state index is -3.54. The summed E-state index contributed by atoms with van der Waals surface area (Å²) >= 11 is 0. The van der Waals surface area contributed by atoms with Gasteiger partial charge in [0.1, 0.15) is 5.75 Å². The summed E-state index contributed by atoms with van der Waals surface area (Å²) < 4.78 is 33.3. The molecule has 0 aliphatic carbocycles. The Labute approximate surface area is 197 Å². The fraction of sp³-hybridized carbons (Fsp3) is 0.500. The normalized spacial score (nSPS) is 20.2. The molecule has 1 amide bonds. The predicted octanol–water partition coefficient (Wildman–Crippen LogP) is 4.47. The summed E-state index contributed by atoms with van der Waals surface area (Å²) in [7, 11) is -3.54. The molecule has 0 aromatic heterocycles. The number of sulfonamides is 1. The molecule has 2 saturated heterocycles. The molecule has 0 radical (unpaired) electrons. The summed E-state index contributed by atoms with van der Waals surface area (Å²) in [6.07, 6.45) is 3.08. The lowest BCUT2D eigenvalue weighted by atomic mass is 9.95. The van der Waals surface area contributed by atoms with Crippen LogP contribution in [-0.2, 0) is 14.8 Å². The van der Waals surface area contributed by atoms with Crippen molar-refractivity contribution in [3.63, 3.8) is 0 Å². The summed E-state index contributed by atoms with van der Waals surface area (Å²) in [6.45, 7) is 8.02. The zero-order valence-electron chi connectivity index (χ0n) is 19.8. The Kier molecular flexibility index (Phi) is 7.10. The van der Waals surface area contributed by atoms with E-state index in [-0.39, 0.29) is 17.9 Å². The van der Waals surface area contributed by atoms with Gasteiger partial charge >= 0.3 is 0 Å². The van der Waals surface area contributed by atoms with Crippen LogP contribution < -0.4 is 4.74 Å². The van der Waals surface area contributed by atoms with E-state index in [1.165, 1.54) is 4.31 Å². The number of piperidine rings is 1. The Morgan fingerprint density at radius 3 is 2.30 bits per heavy atom. The standard InChI is InChI=1S/C26H34N2O4S/c1-4-32-23-10-8-21(9-11-23)25-6-5-15-28(25)26(29)22-13-16-27(17-14-22)33(30,31)24-12-7-19(2)20(3)18-24/h7-12,18,22,25H,4-6,13-17H2,1-3H3/t25-/m1/s1. The second kappa shape index (κ2) is 9.85. The van der Waals surface area contributed by atoms with Gasteiger partial charge in [-0.05, 0) is 87.4 Å². The fourth-order valence-electron chi connectivity index (χ4n) is 4.93. The van der Waals surface area contributed by atoms with E-state index in [0.717, 1.165) is 41.8 Å². The molecule has 2 aliphatic heterocycles. The number of ether oxygens (including phenoxy) is 1. The number of likely N-dealkylation sites (tertiary alicyclic amines) is 1. The number of nitrogens with zero attached hydrogens (tertiary/aromatic N) is 2. The second-order valence-electron chi connectivity index (χ2n) is 9.12. The van der Waals surface area contributed by atoms with Crippen LogP contribution in [0, 0.1) is 19.8 Å². The van der Waals surface area contributed by atoms with Crippen molar-refractivity contribution >= 4 is 15.9 Å². The SMILES string of the molecule is CCOc1ccc([C@H]2CCCN2C(=O)C2CCN(S(=O)(=O)c3ccc(C)c(C)c3)CC2)cc1. The first-order chi connectivity index (χ1) is 15.8. The van der Waals surface area contributed by atoms with Crippen molar-refractivity contribution in [3.8, 4) is 5.75 Å². The third kappa shape index (κ3) is 4.94. The van der Waals surface area contributed by atoms with Crippen molar-refractivity contribution in [1.29, 1.82) is 0 Å². The van der Waals surface area contributed by atoms with Crippen LogP contribution in [0.15, 0.2) is 47.4 Å². The number of carbonyl (C=O) groups excluding carboxylic acids is 1. The van der Waals surface area contributed by atoms with Crippen LogP contribution >= 0.6 is 0 Å². The first-order valence-corrected chi connectivity index (χ1v) is 13.4. The number of hydrogen-bond donors (Lipinski definition) is 0. The van der Waals surface area contributed by atoms with Gasteiger partial charge in [-0.25, -0.2) is 8.42 Å². The smallest absolute Gasteiger partial charge is 0.243 e. The molecule has 0 saturated carbocycles. The number of amides is 1. The van der Waals surface area contributed by atoms with Gasteiger partial charge in [0.05, 0.1) is 17.5 Å².